The molecule has 0 spiro atoms. The molecule has 2 N–H and O–H groups in total. The van der Waals surface area contributed by atoms with E-state index in [1.165, 1.54) is 17.6 Å². The summed E-state index contributed by atoms with van der Waals surface area (Å²) < 4.78 is 0. The van der Waals surface area contributed by atoms with Crippen LogP contribution in [0.3, 0.4) is 0 Å². The first-order chi connectivity index (χ1) is 5.11. The Bertz CT molecular complexity index is 204. The van der Waals surface area contributed by atoms with Gasteiger partial charge in [-0.25, -0.2) is 0 Å². The van der Waals surface area contributed by atoms with Crippen LogP contribution in [-0.4, -0.2) is 5.91 Å². The molecular weight excluding hydrogens is 138 g/mol. The maximum absolute atomic E-state index is 10.6. The third-order valence-corrected chi connectivity index (χ3v) is 2.23. The van der Waals surface area contributed by atoms with Gasteiger partial charge < -0.3 is 5.73 Å². The first-order valence-corrected chi connectivity index (χ1v) is 4.10. The third kappa shape index (κ3) is 1.82. The van der Waals surface area contributed by atoms with E-state index in [0.29, 0.717) is 12.3 Å². The summed E-state index contributed by atoms with van der Waals surface area (Å²) in [5.41, 5.74) is 7.82. The average Bonchev–Trinajstić information content (AvgIpc) is 1.78. The van der Waals surface area contributed by atoms with Crippen molar-refractivity contribution in [2.75, 3.05) is 0 Å². The molecule has 62 valence electrons. The van der Waals surface area contributed by atoms with Gasteiger partial charge in [0.05, 0.1) is 0 Å². The van der Waals surface area contributed by atoms with E-state index in [1.54, 1.807) is 0 Å². The molecule has 1 aliphatic carbocycles. The molecule has 1 aliphatic rings. The molecule has 0 saturated heterocycles. The summed E-state index contributed by atoms with van der Waals surface area (Å²) >= 11 is 0. The Kier molecular flexibility index (Phi) is 2.32. The fraction of sp³-hybridized carbons (Fsp3) is 0.667. The fourth-order valence-corrected chi connectivity index (χ4v) is 1.56. The molecule has 0 aromatic rings. The van der Waals surface area contributed by atoms with E-state index < -0.39 is 0 Å². The number of hydrogen-bond donors (Lipinski definition) is 1. The fourth-order valence-electron chi connectivity index (χ4n) is 1.56. The van der Waals surface area contributed by atoms with Crippen molar-refractivity contribution in [1.29, 1.82) is 0 Å². The monoisotopic (exact) mass is 153 g/mol. The smallest absolute Gasteiger partial charge is 0.221 e. The van der Waals surface area contributed by atoms with Gasteiger partial charge in [-0.2, -0.15) is 0 Å². The Labute approximate surface area is 67.5 Å². The number of hydrogen-bond acceptors (Lipinski definition) is 1. The molecule has 0 atom stereocenters. The topological polar surface area (TPSA) is 43.1 Å². The summed E-state index contributed by atoms with van der Waals surface area (Å²) in [7, 11) is 0. The van der Waals surface area contributed by atoms with Crippen molar-refractivity contribution >= 4 is 5.91 Å². The molecule has 0 saturated carbocycles. The first kappa shape index (κ1) is 8.31. The van der Waals surface area contributed by atoms with Gasteiger partial charge in [0.25, 0.3) is 0 Å². The maximum atomic E-state index is 10.6. The third-order valence-electron chi connectivity index (χ3n) is 2.23. The van der Waals surface area contributed by atoms with Crippen molar-refractivity contribution in [3.05, 3.63) is 11.1 Å². The lowest BCUT2D eigenvalue weighted by Gasteiger charge is -2.26. The first-order valence-electron chi connectivity index (χ1n) is 4.10. The van der Waals surface area contributed by atoms with E-state index in [9.17, 15) is 4.79 Å². The lowest BCUT2D eigenvalue weighted by molar-refractivity contribution is -0.117. The van der Waals surface area contributed by atoms with E-state index in [1.807, 2.05) is 0 Å². The van der Waals surface area contributed by atoms with Crippen LogP contribution in [0.5, 0.6) is 0 Å². The van der Waals surface area contributed by atoms with Crippen LogP contribution in [0.2, 0.25) is 0 Å². The van der Waals surface area contributed by atoms with Crippen LogP contribution in [-0.2, 0) is 4.79 Å². The molecule has 1 amide bonds. The number of nitrogens with two attached hydrogens (primary N) is 1. The molecule has 2 heteroatoms. The number of amides is 1. The molecule has 11 heavy (non-hydrogen) atoms. The van der Waals surface area contributed by atoms with Crippen LogP contribution < -0.4 is 5.73 Å². The lowest BCUT2D eigenvalue weighted by atomic mass is 9.80. The molecule has 2 nitrogen and oxygen atoms in total. The Hall–Kier alpha value is -0.790. The Morgan fingerprint density at radius 1 is 1.55 bits per heavy atom. The average molecular weight is 153 g/mol. The van der Waals surface area contributed by atoms with E-state index in [4.69, 9.17) is 5.73 Å². The lowest BCUT2D eigenvalue weighted by Crippen LogP contribution is -2.17. The summed E-state index contributed by atoms with van der Waals surface area (Å²) in [6.07, 6.45) is 2.73. The van der Waals surface area contributed by atoms with Crippen LogP contribution >= 0.6 is 0 Å². The predicted molar refractivity (Wildman–Crippen MR) is 44.9 cm³/mol. The summed E-state index contributed by atoms with van der Waals surface area (Å²) in [5.74, 6) is 0.399. The van der Waals surface area contributed by atoms with Crippen LogP contribution in [0.15, 0.2) is 11.1 Å². The van der Waals surface area contributed by atoms with E-state index in [0.717, 1.165) is 6.42 Å². The molecule has 0 radical (unpaired) electrons. The molecule has 0 aliphatic heterocycles. The molecule has 0 fully saturated rings. The number of rotatable bonds is 3. The van der Waals surface area contributed by atoms with Gasteiger partial charge in [-0.05, 0) is 18.8 Å². The van der Waals surface area contributed by atoms with E-state index in [2.05, 4.69) is 13.8 Å². The maximum Gasteiger partial charge on any atom is 0.221 e. The Balaban J connectivity index is 2.58. The Morgan fingerprint density at radius 2 is 2.18 bits per heavy atom. The highest BCUT2D eigenvalue weighted by Crippen LogP contribution is 2.34. The highest BCUT2D eigenvalue weighted by molar-refractivity contribution is 5.77. The van der Waals surface area contributed by atoms with E-state index >= 15 is 0 Å². The zero-order chi connectivity index (χ0) is 8.43. The van der Waals surface area contributed by atoms with Gasteiger partial charge in [-0.15, -0.1) is 0 Å². The highest BCUT2D eigenvalue weighted by Gasteiger charge is 2.20. The van der Waals surface area contributed by atoms with Crippen LogP contribution in [0.4, 0.5) is 0 Å². The molecule has 0 aromatic heterocycles. The number of carbonyl (C=O) groups excluding carboxylic acids is 1. The quantitative estimate of drug-likeness (QED) is 0.615. The second-order valence-corrected chi connectivity index (χ2v) is 3.43. The summed E-state index contributed by atoms with van der Waals surface area (Å²) in [6.45, 7) is 4.32. The molecule has 1 rings (SSSR count). The highest BCUT2D eigenvalue weighted by atomic mass is 16.1. The minimum absolute atomic E-state index is 0.196. The second kappa shape index (κ2) is 3.07. The summed E-state index contributed by atoms with van der Waals surface area (Å²) in [5, 5.41) is 0. The van der Waals surface area contributed by atoms with Gasteiger partial charge in [-0.3, -0.25) is 4.79 Å². The normalized spacial score (nSPS) is 17.0. The number of carbonyl (C=O) groups is 1. The van der Waals surface area contributed by atoms with Gasteiger partial charge in [-0.1, -0.05) is 25.0 Å². The van der Waals surface area contributed by atoms with Gasteiger partial charge in [0.2, 0.25) is 5.91 Å². The van der Waals surface area contributed by atoms with Crippen molar-refractivity contribution in [2.45, 2.75) is 33.1 Å². The molecule has 0 bridgehead atoms. The van der Waals surface area contributed by atoms with Crippen molar-refractivity contribution in [2.24, 2.45) is 11.7 Å². The molecule has 0 heterocycles. The second-order valence-electron chi connectivity index (χ2n) is 3.43. The standard InChI is InChI=1S/C9H15NO/c1-6(2)8-4-3-7(8)5-9(10)11/h6H,3-5H2,1-2H3,(H2,10,11). The van der Waals surface area contributed by atoms with Crippen LogP contribution in [0.1, 0.15) is 33.1 Å². The molecular formula is C9H15NO. The minimum Gasteiger partial charge on any atom is -0.369 e. The largest absolute Gasteiger partial charge is 0.369 e. The van der Waals surface area contributed by atoms with Crippen LogP contribution in [0, 0.1) is 5.92 Å². The molecule has 0 unspecified atom stereocenters. The zero-order valence-electron chi connectivity index (χ0n) is 7.18. The number of allylic oxidation sites excluding steroid dienone is 1. The minimum atomic E-state index is -0.196. The SMILES string of the molecule is CC(C)C1=C(CC(N)=O)CC1. The van der Waals surface area contributed by atoms with Crippen molar-refractivity contribution in [3.63, 3.8) is 0 Å². The summed E-state index contributed by atoms with van der Waals surface area (Å²) in [4.78, 5) is 10.6. The van der Waals surface area contributed by atoms with Crippen LogP contribution in [0.25, 0.3) is 0 Å². The van der Waals surface area contributed by atoms with Gasteiger partial charge in [0.1, 0.15) is 0 Å². The zero-order valence-corrected chi connectivity index (χ0v) is 7.18. The summed E-state index contributed by atoms with van der Waals surface area (Å²) in [6, 6.07) is 0. The van der Waals surface area contributed by atoms with Crippen molar-refractivity contribution in [3.8, 4) is 0 Å². The molecule has 0 aromatic carbocycles. The number of primary amides is 1. The predicted octanol–water partition coefficient (Wildman–Crippen LogP) is 1.61. The van der Waals surface area contributed by atoms with Gasteiger partial charge >= 0.3 is 0 Å². The van der Waals surface area contributed by atoms with E-state index in [-0.39, 0.29) is 5.91 Å². The van der Waals surface area contributed by atoms with Crippen molar-refractivity contribution < 1.29 is 4.79 Å². The van der Waals surface area contributed by atoms with Gasteiger partial charge in [0.15, 0.2) is 0 Å². The Morgan fingerprint density at radius 3 is 2.45 bits per heavy atom. The van der Waals surface area contributed by atoms with Crippen molar-refractivity contribution in [1.82, 2.24) is 0 Å². The van der Waals surface area contributed by atoms with Gasteiger partial charge in [0, 0.05) is 6.42 Å².